The van der Waals surface area contributed by atoms with Gasteiger partial charge in [-0.2, -0.15) is 0 Å². The molecule has 1 aromatic heterocycles. The van der Waals surface area contributed by atoms with Crippen molar-refractivity contribution < 1.29 is 19.5 Å². The summed E-state index contributed by atoms with van der Waals surface area (Å²) in [6.07, 6.45) is 1.52. The van der Waals surface area contributed by atoms with Crippen molar-refractivity contribution in [3.05, 3.63) is 76.9 Å². The maximum atomic E-state index is 13.0. The van der Waals surface area contributed by atoms with E-state index in [-0.39, 0.29) is 18.4 Å². The molecule has 0 spiro atoms. The van der Waals surface area contributed by atoms with E-state index in [1.165, 1.54) is 11.1 Å². The SMILES string of the molecule is CC(C)[C@@H](C(=O)O)N1Cc2ccc(-c3ccc(NC(=O)Nc4ccccc4Cl)cn3)cc2C1=O. The number of carboxylic acids is 1. The molecule has 3 N–H and O–H groups in total. The monoisotopic (exact) mass is 478 g/mol. The molecule has 1 atom stereocenters. The van der Waals surface area contributed by atoms with Crippen LogP contribution in [0.1, 0.15) is 29.8 Å². The first-order valence-electron chi connectivity index (χ1n) is 10.7. The van der Waals surface area contributed by atoms with Crippen LogP contribution in [0.5, 0.6) is 0 Å². The van der Waals surface area contributed by atoms with Crippen LogP contribution in [0, 0.1) is 5.92 Å². The summed E-state index contributed by atoms with van der Waals surface area (Å²) in [7, 11) is 0. The van der Waals surface area contributed by atoms with Crippen LogP contribution in [0.3, 0.4) is 0 Å². The zero-order valence-electron chi connectivity index (χ0n) is 18.6. The van der Waals surface area contributed by atoms with Crippen molar-refractivity contribution in [2.24, 2.45) is 5.92 Å². The summed E-state index contributed by atoms with van der Waals surface area (Å²) in [6.45, 7) is 3.84. The highest BCUT2D eigenvalue weighted by atomic mass is 35.5. The third kappa shape index (κ3) is 4.72. The van der Waals surface area contributed by atoms with Crippen molar-refractivity contribution >= 4 is 40.9 Å². The van der Waals surface area contributed by atoms with Gasteiger partial charge in [0.25, 0.3) is 5.91 Å². The van der Waals surface area contributed by atoms with Gasteiger partial charge in [-0.15, -0.1) is 0 Å². The van der Waals surface area contributed by atoms with Gasteiger partial charge in [-0.25, -0.2) is 9.59 Å². The fraction of sp³-hybridized carbons (Fsp3) is 0.200. The van der Waals surface area contributed by atoms with Crippen molar-refractivity contribution in [1.82, 2.24) is 9.88 Å². The summed E-state index contributed by atoms with van der Waals surface area (Å²) in [6, 6.07) is 14.4. The first-order valence-corrected chi connectivity index (χ1v) is 11.1. The third-order valence-electron chi connectivity index (χ3n) is 5.60. The van der Waals surface area contributed by atoms with E-state index in [1.807, 2.05) is 12.1 Å². The van der Waals surface area contributed by atoms with E-state index >= 15 is 0 Å². The summed E-state index contributed by atoms with van der Waals surface area (Å²) >= 11 is 6.06. The number of fused-ring (bicyclic) bond motifs is 1. The number of benzene rings is 2. The van der Waals surface area contributed by atoms with Gasteiger partial charge in [-0.3, -0.25) is 9.78 Å². The Balaban J connectivity index is 1.47. The second-order valence-corrected chi connectivity index (χ2v) is 8.73. The predicted octanol–water partition coefficient (Wildman–Crippen LogP) is 5.11. The normalized spacial score (nSPS) is 13.5. The number of carbonyl (C=O) groups is 3. The van der Waals surface area contributed by atoms with Crippen LogP contribution in [0.2, 0.25) is 5.02 Å². The second kappa shape index (κ2) is 9.52. The fourth-order valence-corrected chi connectivity index (χ4v) is 4.15. The van der Waals surface area contributed by atoms with E-state index in [0.29, 0.717) is 27.7 Å². The summed E-state index contributed by atoms with van der Waals surface area (Å²) in [5, 5.41) is 15.4. The lowest BCUT2D eigenvalue weighted by atomic mass is 10.0. The number of pyridine rings is 1. The van der Waals surface area contributed by atoms with Gasteiger partial charge in [-0.05, 0) is 41.8 Å². The van der Waals surface area contributed by atoms with Gasteiger partial charge in [0.05, 0.1) is 28.3 Å². The number of urea groups is 1. The molecular weight excluding hydrogens is 456 g/mol. The molecule has 9 heteroatoms. The maximum absolute atomic E-state index is 13.0. The Morgan fingerprint density at radius 3 is 2.50 bits per heavy atom. The molecule has 0 fully saturated rings. The van der Waals surface area contributed by atoms with Crippen LogP contribution >= 0.6 is 11.6 Å². The van der Waals surface area contributed by atoms with Crippen molar-refractivity contribution in [3.63, 3.8) is 0 Å². The highest BCUT2D eigenvalue weighted by Crippen LogP contribution is 2.31. The number of hydrogen-bond donors (Lipinski definition) is 3. The molecule has 174 valence electrons. The Labute approximate surface area is 201 Å². The average molecular weight is 479 g/mol. The van der Waals surface area contributed by atoms with Crippen LogP contribution < -0.4 is 10.6 Å². The summed E-state index contributed by atoms with van der Waals surface area (Å²) in [5.74, 6) is -1.53. The number of halogens is 1. The number of aliphatic carboxylic acids is 1. The third-order valence-corrected chi connectivity index (χ3v) is 5.93. The van der Waals surface area contributed by atoms with Crippen LogP contribution in [-0.2, 0) is 11.3 Å². The number of nitrogens with zero attached hydrogens (tertiary/aromatic N) is 2. The van der Waals surface area contributed by atoms with Crippen LogP contribution in [0.4, 0.5) is 16.2 Å². The summed E-state index contributed by atoms with van der Waals surface area (Å²) in [5.41, 5.74) is 3.58. The number of anilines is 2. The van der Waals surface area contributed by atoms with Gasteiger partial charge in [0.1, 0.15) is 6.04 Å². The maximum Gasteiger partial charge on any atom is 0.326 e. The van der Waals surface area contributed by atoms with E-state index in [9.17, 15) is 19.5 Å². The Kier molecular flexibility index (Phi) is 6.51. The molecule has 3 aromatic rings. The van der Waals surface area contributed by atoms with Crippen LogP contribution in [0.25, 0.3) is 11.3 Å². The van der Waals surface area contributed by atoms with Gasteiger partial charge in [0, 0.05) is 17.7 Å². The van der Waals surface area contributed by atoms with E-state index in [1.54, 1.807) is 56.3 Å². The predicted molar refractivity (Wildman–Crippen MR) is 130 cm³/mol. The highest BCUT2D eigenvalue weighted by Gasteiger charge is 2.38. The van der Waals surface area contributed by atoms with Gasteiger partial charge in [0.15, 0.2) is 0 Å². The molecule has 2 aromatic carbocycles. The number of amides is 3. The lowest BCUT2D eigenvalue weighted by Crippen LogP contribution is -2.44. The second-order valence-electron chi connectivity index (χ2n) is 8.32. The van der Waals surface area contributed by atoms with E-state index in [2.05, 4.69) is 15.6 Å². The van der Waals surface area contributed by atoms with Crippen molar-refractivity contribution in [2.75, 3.05) is 10.6 Å². The van der Waals surface area contributed by atoms with Crippen molar-refractivity contribution in [3.8, 4) is 11.3 Å². The molecule has 3 amide bonds. The molecule has 1 aliphatic rings. The Morgan fingerprint density at radius 1 is 1.09 bits per heavy atom. The zero-order chi connectivity index (χ0) is 24.4. The number of hydrogen-bond acceptors (Lipinski definition) is 4. The molecular formula is C25H23ClN4O4. The van der Waals surface area contributed by atoms with E-state index in [4.69, 9.17) is 11.6 Å². The smallest absolute Gasteiger partial charge is 0.326 e. The van der Waals surface area contributed by atoms with E-state index < -0.39 is 18.0 Å². The molecule has 4 rings (SSSR count). The van der Waals surface area contributed by atoms with Crippen LogP contribution in [-0.4, -0.2) is 38.9 Å². The number of aromatic nitrogens is 1. The molecule has 34 heavy (non-hydrogen) atoms. The number of para-hydroxylation sites is 1. The van der Waals surface area contributed by atoms with Gasteiger partial charge in [-0.1, -0.05) is 49.7 Å². The molecule has 0 saturated heterocycles. The first-order chi connectivity index (χ1) is 16.2. The quantitative estimate of drug-likeness (QED) is 0.455. The lowest BCUT2D eigenvalue weighted by molar-refractivity contribution is -0.144. The van der Waals surface area contributed by atoms with Crippen molar-refractivity contribution in [2.45, 2.75) is 26.4 Å². The van der Waals surface area contributed by atoms with Crippen molar-refractivity contribution in [1.29, 1.82) is 0 Å². The molecule has 8 nitrogen and oxygen atoms in total. The number of nitrogens with one attached hydrogen (secondary N) is 2. The van der Waals surface area contributed by atoms with Gasteiger partial charge < -0.3 is 20.6 Å². The average Bonchev–Trinajstić information content (AvgIpc) is 3.11. The number of rotatable bonds is 6. The summed E-state index contributed by atoms with van der Waals surface area (Å²) in [4.78, 5) is 42.7. The van der Waals surface area contributed by atoms with Gasteiger partial charge >= 0.3 is 12.0 Å². The number of carbonyl (C=O) groups excluding carboxylic acids is 2. The molecule has 0 saturated carbocycles. The highest BCUT2D eigenvalue weighted by molar-refractivity contribution is 6.33. The fourth-order valence-electron chi connectivity index (χ4n) is 3.97. The molecule has 0 aliphatic carbocycles. The zero-order valence-corrected chi connectivity index (χ0v) is 19.3. The minimum Gasteiger partial charge on any atom is -0.480 e. The first kappa shape index (κ1) is 23.3. The Morgan fingerprint density at radius 2 is 1.85 bits per heavy atom. The van der Waals surface area contributed by atoms with E-state index in [0.717, 1.165) is 11.1 Å². The molecule has 0 radical (unpaired) electrons. The molecule has 1 aliphatic heterocycles. The Hall–Kier alpha value is -3.91. The summed E-state index contributed by atoms with van der Waals surface area (Å²) < 4.78 is 0. The Bertz CT molecular complexity index is 1260. The molecule has 0 bridgehead atoms. The van der Waals surface area contributed by atoms with Gasteiger partial charge in [0.2, 0.25) is 0 Å². The topological polar surface area (TPSA) is 112 Å². The van der Waals surface area contributed by atoms with Crippen LogP contribution in [0.15, 0.2) is 60.8 Å². The minimum absolute atomic E-state index is 0.216. The number of carboxylic acid groups (broad SMARTS) is 1. The molecule has 0 unspecified atom stereocenters. The largest absolute Gasteiger partial charge is 0.480 e. The minimum atomic E-state index is -1.01. The lowest BCUT2D eigenvalue weighted by Gasteiger charge is -2.27. The standard InChI is InChI=1S/C25H23ClN4O4/c1-14(2)22(24(32)33)30-13-16-8-7-15(11-18(16)23(30)31)20-10-9-17(12-27-20)28-25(34)29-21-6-4-3-5-19(21)26/h3-12,14,22H,13H2,1-2H3,(H,32,33)(H2,28,29,34)/t22-/m0/s1. The molecule has 2 heterocycles.